The topological polar surface area (TPSA) is 66.1 Å². The van der Waals surface area contributed by atoms with Crippen molar-refractivity contribution in [2.24, 2.45) is 0 Å². The maximum Gasteiger partial charge on any atom is 0.203 e. The highest BCUT2D eigenvalue weighted by atomic mass is 32.2. The van der Waals surface area contributed by atoms with Crippen molar-refractivity contribution in [1.82, 2.24) is 9.97 Å². The molecule has 1 N–H and O–H groups in total. The molecular weight excluding hydrogens is 358 g/mol. The largest absolute Gasteiger partial charge is 0.342 e. The van der Waals surface area contributed by atoms with Gasteiger partial charge in [-0.05, 0) is 43.0 Å². The monoisotopic (exact) mass is 383 g/mol. The van der Waals surface area contributed by atoms with E-state index in [4.69, 9.17) is 4.98 Å². The fourth-order valence-corrected chi connectivity index (χ4v) is 5.22. The number of rotatable bonds is 5. The van der Waals surface area contributed by atoms with E-state index in [2.05, 4.69) is 34.1 Å². The van der Waals surface area contributed by atoms with Gasteiger partial charge in [-0.2, -0.15) is 0 Å². The molecule has 6 heteroatoms. The molecule has 0 amide bonds. The van der Waals surface area contributed by atoms with Crippen molar-refractivity contribution in [1.29, 1.82) is 0 Å². The molecule has 0 unspecified atom stereocenters. The summed E-state index contributed by atoms with van der Waals surface area (Å²) in [5, 5.41) is 0. The highest BCUT2D eigenvalue weighted by molar-refractivity contribution is 7.91. The van der Waals surface area contributed by atoms with E-state index in [0.29, 0.717) is 17.2 Å². The van der Waals surface area contributed by atoms with Gasteiger partial charge in [0.05, 0.1) is 21.7 Å². The number of piperidine rings is 1. The van der Waals surface area contributed by atoms with Crippen molar-refractivity contribution in [2.75, 3.05) is 23.7 Å². The quantitative estimate of drug-likeness (QED) is 0.719. The van der Waals surface area contributed by atoms with Crippen LogP contribution in [0.2, 0.25) is 0 Å². The molecule has 1 aliphatic rings. The van der Waals surface area contributed by atoms with Gasteiger partial charge in [0.2, 0.25) is 5.95 Å². The zero-order chi connectivity index (χ0) is 18.9. The number of aromatic nitrogens is 2. The molecule has 142 valence electrons. The van der Waals surface area contributed by atoms with E-state index >= 15 is 0 Å². The molecule has 0 radical (unpaired) electrons. The van der Waals surface area contributed by atoms with Gasteiger partial charge in [-0.1, -0.05) is 37.3 Å². The number of imidazole rings is 1. The Labute approximate surface area is 160 Å². The number of nitrogens with one attached hydrogen (secondary N) is 1. The predicted molar refractivity (Wildman–Crippen MR) is 109 cm³/mol. The van der Waals surface area contributed by atoms with Crippen LogP contribution in [0.25, 0.3) is 11.0 Å². The highest BCUT2D eigenvalue weighted by Gasteiger charge is 2.23. The highest BCUT2D eigenvalue weighted by Crippen LogP contribution is 2.30. The van der Waals surface area contributed by atoms with Crippen molar-refractivity contribution in [3.63, 3.8) is 0 Å². The fourth-order valence-electron chi connectivity index (χ4n) is 3.87. The summed E-state index contributed by atoms with van der Waals surface area (Å²) in [5.74, 6) is 1.49. The number of hydrogen-bond acceptors (Lipinski definition) is 4. The van der Waals surface area contributed by atoms with Crippen LogP contribution in [0.5, 0.6) is 0 Å². The van der Waals surface area contributed by atoms with Gasteiger partial charge in [-0.25, -0.2) is 13.4 Å². The van der Waals surface area contributed by atoms with Crippen molar-refractivity contribution in [2.45, 2.75) is 37.0 Å². The molecule has 5 nitrogen and oxygen atoms in total. The van der Waals surface area contributed by atoms with Crippen LogP contribution in [-0.2, 0) is 9.84 Å². The lowest BCUT2D eigenvalue weighted by molar-refractivity contribution is 0.505. The van der Waals surface area contributed by atoms with Crippen LogP contribution < -0.4 is 4.90 Å². The Kier molecular flexibility index (Phi) is 4.91. The van der Waals surface area contributed by atoms with E-state index in [0.717, 1.165) is 36.5 Å². The lowest BCUT2D eigenvalue weighted by Crippen LogP contribution is -2.35. The Morgan fingerprint density at radius 2 is 2.00 bits per heavy atom. The first-order chi connectivity index (χ1) is 13.1. The smallest absolute Gasteiger partial charge is 0.203 e. The zero-order valence-electron chi connectivity index (χ0n) is 15.6. The van der Waals surface area contributed by atoms with E-state index in [1.165, 1.54) is 12.0 Å². The second-order valence-electron chi connectivity index (χ2n) is 7.25. The normalized spacial score (nSPS) is 18.1. The van der Waals surface area contributed by atoms with Crippen molar-refractivity contribution >= 4 is 26.8 Å². The number of sulfone groups is 1. The van der Waals surface area contributed by atoms with Crippen LogP contribution in [0.4, 0.5) is 5.95 Å². The maximum absolute atomic E-state index is 12.3. The Hall–Kier alpha value is -2.34. The Morgan fingerprint density at radius 1 is 1.19 bits per heavy atom. The van der Waals surface area contributed by atoms with Crippen LogP contribution in [0.3, 0.4) is 0 Å². The minimum absolute atomic E-state index is 0.171. The van der Waals surface area contributed by atoms with Crippen molar-refractivity contribution < 1.29 is 8.42 Å². The molecule has 1 aromatic heterocycles. The molecule has 1 saturated heterocycles. The molecule has 1 fully saturated rings. The molecule has 2 heterocycles. The third kappa shape index (κ3) is 3.72. The molecule has 3 aromatic rings. The molecule has 0 bridgehead atoms. The predicted octanol–water partition coefficient (Wildman–Crippen LogP) is 4.13. The van der Waals surface area contributed by atoms with E-state index in [1.54, 1.807) is 18.2 Å². The van der Waals surface area contributed by atoms with Gasteiger partial charge in [0, 0.05) is 19.0 Å². The molecular formula is C21H25N3O2S. The molecule has 0 aliphatic carbocycles. The lowest BCUT2D eigenvalue weighted by Gasteiger charge is -2.32. The average Bonchev–Trinajstić information content (AvgIpc) is 3.12. The van der Waals surface area contributed by atoms with E-state index < -0.39 is 9.84 Å². The zero-order valence-corrected chi connectivity index (χ0v) is 16.4. The summed E-state index contributed by atoms with van der Waals surface area (Å²) >= 11 is 0. The minimum atomic E-state index is -3.22. The van der Waals surface area contributed by atoms with Crippen molar-refractivity contribution in [3.8, 4) is 0 Å². The van der Waals surface area contributed by atoms with Gasteiger partial charge in [0.1, 0.15) is 0 Å². The summed E-state index contributed by atoms with van der Waals surface area (Å²) in [7, 11) is -3.22. The fraction of sp³-hybridized carbons (Fsp3) is 0.381. The number of benzene rings is 2. The van der Waals surface area contributed by atoms with Gasteiger partial charge < -0.3 is 9.88 Å². The molecule has 0 saturated carbocycles. The second kappa shape index (κ2) is 7.35. The Balaban J connectivity index is 1.60. The molecule has 0 spiro atoms. The summed E-state index contributed by atoms with van der Waals surface area (Å²) in [5.41, 5.74) is 2.96. The summed E-state index contributed by atoms with van der Waals surface area (Å²) in [6.07, 6.45) is 2.91. The molecule has 4 rings (SSSR count). The van der Waals surface area contributed by atoms with Crippen molar-refractivity contribution in [3.05, 3.63) is 54.1 Å². The first-order valence-corrected chi connectivity index (χ1v) is 11.2. The molecule has 2 aromatic carbocycles. The van der Waals surface area contributed by atoms with E-state index in [9.17, 15) is 8.42 Å². The Morgan fingerprint density at radius 3 is 2.78 bits per heavy atom. The number of nitrogens with zero attached hydrogens (tertiary/aromatic N) is 2. The Bertz CT molecular complexity index is 1030. The average molecular weight is 384 g/mol. The van der Waals surface area contributed by atoms with Gasteiger partial charge >= 0.3 is 0 Å². The summed E-state index contributed by atoms with van der Waals surface area (Å²) < 4.78 is 24.7. The number of H-pyrrole nitrogens is 1. The van der Waals surface area contributed by atoms with Crippen LogP contribution in [0.15, 0.2) is 53.4 Å². The minimum Gasteiger partial charge on any atom is -0.342 e. The second-order valence-corrected chi connectivity index (χ2v) is 9.36. The summed E-state index contributed by atoms with van der Waals surface area (Å²) in [4.78, 5) is 10.7. The third-order valence-electron chi connectivity index (χ3n) is 5.26. The standard InChI is InChI=1S/C21H25N3O2S/c1-2-13-27(25,26)18-10-11-19-20(14-18)23-21(22-19)24-12-6-9-17(15-24)16-7-4-3-5-8-16/h3-5,7-8,10-11,14,17H,2,6,9,12-13,15H2,1H3,(H,22,23)/t17-/m1/s1. The van der Waals surface area contributed by atoms with Gasteiger partial charge in [-0.15, -0.1) is 0 Å². The van der Waals surface area contributed by atoms with Crippen LogP contribution in [0.1, 0.15) is 37.7 Å². The number of fused-ring (bicyclic) bond motifs is 1. The van der Waals surface area contributed by atoms with E-state index in [-0.39, 0.29) is 5.75 Å². The number of hydrogen-bond donors (Lipinski definition) is 1. The van der Waals surface area contributed by atoms with Gasteiger partial charge in [0.25, 0.3) is 0 Å². The SMILES string of the molecule is CCCS(=O)(=O)c1ccc2nc(N3CCC[C@@H](c4ccccc4)C3)[nH]c2c1. The molecule has 1 aliphatic heterocycles. The first kappa shape index (κ1) is 18.0. The maximum atomic E-state index is 12.3. The van der Waals surface area contributed by atoms with Crippen LogP contribution in [0, 0.1) is 0 Å². The van der Waals surface area contributed by atoms with Gasteiger partial charge in [0.15, 0.2) is 9.84 Å². The third-order valence-corrected chi connectivity index (χ3v) is 7.18. The van der Waals surface area contributed by atoms with Gasteiger partial charge in [-0.3, -0.25) is 0 Å². The number of aromatic amines is 1. The first-order valence-electron chi connectivity index (χ1n) is 9.59. The molecule has 1 atom stereocenters. The lowest BCUT2D eigenvalue weighted by atomic mass is 9.91. The van der Waals surface area contributed by atoms with Crippen LogP contribution >= 0.6 is 0 Å². The summed E-state index contributed by atoms with van der Waals surface area (Å²) in [6.45, 7) is 3.76. The number of anilines is 1. The van der Waals surface area contributed by atoms with E-state index in [1.807, 2.05) is 13.0 Å². The summed E-state index contributed by atoms with van der Waals surface area (Å²) in [6, 6.07) is 15.8. The van der Waals surface area contributed by atoms with Crippen LogP contribution in [-0.4, -0.2) is 37.2 Å². The molecule has 27 heavy (non-hydrogen) atoms.